The molecular formula is C15H18N2O4. The predicted octanol–water partition coefficient (Wildman–Crippen LogP) is 1.04. The van der Waals surface area contributed by atoms with Gasteiger partial charge >= 0.3 is 0 Å². The molecule has 0 saturated carbocycles. The van der Waals surface area contributed by atoms with Gasteiger partial charge in [-0.15, -0.1) is 0 Å². The van der Waals surface area contributed by atoms with Crippen molar-refractivity contribution < 1.29 is 19.1 Å². The quantitative estimate of drug-likeness (QED) is 0.884. The van der Waals surface area contributed by atoms with Crippen LogP contribution in [0.25, 0.3) is 0 Å². The van der Waals surface area contributed by atoms with Gasteiger partial charge in [-0.2, -0.15) is 0 Å². The highest BCUT2D eigenvalue weighted by molar-refractivity contribution is 5.92. The van der Waals surface area contributed by atoms with Crippen molar-refractivity contribution in [2.75, 3.05) is 13.3 Å². The Morgan fingerprint density at radius 3 is 2.81 bits per heavy atom. The van der Waals surface area contributed by atoms with E-state index in [9.17, 15) is 9.59 Å². The van der Waals surface area contributed by atoms with Crippen LogP contribution < -0.4 is 14.8 Å². The van der Waals surface area contributed by atoms with Crippen LogP contribution in [0.15, 0.2) is 18.2 Å². The monoisotopic (exact) mass is 290 g/mol. The second-order valence-electron chi connectivity index (χ2n) is 5.84. The van der Waals surface area contributed by atoms with Crippen molar-refractivity contribution in [3.05, 3.63) is 23.8 Å². The minimum absolute atomic E-state index is 0.0778. The van der Waals surface area contributed by atoms with E-state index >= 15 is 0 Å². The summed E-state index contributed by atoms with van der Waals surface area (Å²) in [6, 6.07) is 5.63. The van der Waals surface area contributed by atoms with Crippen LogP contribution in [-0.4, -0.2) is 35.6 Å². The van der Waals surface area contributed by atoms with E-state index in [1.807, 2.05) is 18.2 Å². The van der Waals surface area contributed by atoms with Crippen molar-refractivity contribution in [3.63, 3.8) is 0 Å². The van der Waals surface area contributed by atoms with Gasteiger partial charge in [-0.3, -0.25) is 9.59 Å². The van der Waals surface area contributed by atoms with Gasteiger partial charge in [0.2, 0.25) is 18.6 Å². The lowest BCUT2D eigenvalue weighted by Gasteiger charge is -2.28. The molecule has 0 aromatic heterocycles. The van der Waals surface area contributed by atoms with Gasteiger partial charge in [-0.25, -0.2) is 0 Å². The van der Waals surface area contributed by atoms with Crippen LogP contribution in [-0.2, 0) is 16.1 Å². The fourth-order valence-corrected chi connectivity index (χ4v) is 2.61. The van der Waals surface area contributed by atoms with Gasteiger partial charge in [-0.1, -0.05) is 6.07 Å². The molecule has 6 heteroatoms. The molecule has 1 saturated heterocycles. The van der Waals surface area contributed by atoms with Crippen molar-refractivity contribution in [2.45, 2.75) is 32.4 Å². The Morgan fingerprint density at radius 1 is 1.24 bits per heavy atom. The van der Waals surface area contributed by atoms with Crippen LogP contribution in [0, 0.1) is 0 Å². The molecular weight excluding hydrogens is 272 g/mol. The molecule has 2 aliphatic rings. The lowest BCUT2D eigenvalue weighted by molar-refractivity contribution is -0.137. The van der Waals surface area contributed by atoms with Crippen LogP contribution in [0.4, 0.5) is 0 Å². The third-order valence-electron chi connectivity index (χ3n) is 3.69. The summed E-state index contributed by atoms with van der Waals surface area (Å²) in [6.45, 7) is 4.56. The van der Waals surface area contributed by atoms with Crippen LogP contribution in [0.1, 0.15) is 25.8 Å². The molecule has 0 bridgehead atoms. The van der Waals surface area contributed by atoms with Gasteiger partial charge in [-0.05, 0) is 31.5 Å². The molecule has 2 heterocycles. The van der Waals surface area contributed by atoms with Gasteiger partial charge in [0.25, 0.3) is 0 Å². The van der Waals surface area contributed by atoms with Crippen LogP contribution >= 0.6 is 0 Å². The third-order valence-corrected chi connectivity index (χ3v) is 3.69. The Labute approximate surface area is 123 Å². The second kappa shape index (κ2) is 4.95. The number of ether oxygens (including phenoxy) is 2. The first kappa shape index (κ1) is 13.7. The normalized spacial score (nSPS) is 20.2. The topological polar surface area (TPSA) is 67.9 Å². The molecule has 21 heavy (non-hydrogen) atoms. The Kier molecular flexibility index (Phi) is 3.23. The molecule has 1 fully saturated rings. The highest BCUT2D eigenvalue weighted by Crippen LogP contribution is 2.33. The fourth-order valence-electron chi connectivity index (χ4n) is 2.61. The Bertz CT molecular complexity index is 597. The molecule has 0 spiro atoms. The minimum atomic E-state index is -0.871. The number of hydrogen-bond donors (Lipinski definition) is 1. The number of rotatable bonds is 2. The zero-order valence-corrected chi connectivity index (χ0v) is 12.1. The summed E-state index contributed by atoms with van der Waals surface area (Å²) in [7, 11) is 0. The first-order valence-electron chi connectivity index (χ1n) is 6.95. The Hall–Kier alpha value is -2.24. The van der Waals surface area contributed by atoms with Crippen molar-refractivity contribution in [1.29, 1.82) is 0 Å². The van der Waals surface area contributed by atoms with E-state index < -0.39 is 5.54 Å². The number of carbonyl (C=O) groups excluding carboxylic acids is 2. The lowest BCUT2D eigenvalue weighted by atomic mass is 10.0. The molecule has 2 aliphatic heterocycles. The summed E-state index contributed by atoms with van der Waals surface area (Å²) >= 11 is 0. The number of amides is 2. The summed E-state index contributed by atoms with van der Waals surface area (Å²) in [5, 5.41) is 2.75. The van der Waals surface area contributed by atoms with Gasteiger partial charge in [0.1, 0.15) is 5.54 Å². The second-order valence-corrected chi connectivity index (χ2v) is 5.84. The van der Waals surface area contributed by atoms with E-state index in [1.54, 1.807) is 18.7 Å². The summed E-state index contributed by atoms with van der Waals surface area (Å²) < 4.78 is 10.6. The van der Waals surface area contributed by atoms with E-state index in [4.69, 9.17) is 9.47 Å². The molecule has 0 unspecified atom stereocenters. The van der Waals surface area contributed by atoms with Gasteiger partial charge in [0, 0.05) is 19.5 Å². The van der Waals surface area contributed by atoms with Crippen LogP contribution in [0.3, 0.4) is 0 Å². The SMILES string of the molecule is CC1(C)NC(=O)CCN(Cc2ccc3c(c2)OCO3)C1=O. The summed E-state index contributed by atoms with van der Waals surface area (Å²) in [5.74, 6) is 1.24. The number of nitrogens with one attached hydrogen (secondary N) is 1. The third kappa shape index (κ3) is 2.66. The maximum atomic E-state index is 12.5. The summed E-state index contributed by atoms with van der Waals surface area (Å²) in [5.41, 5.74) is 0.0851. The van der Waals surface area contributed by atoms with Gasteiger partial charge in [0.15, 0.2) is 11.5 Å². The fraction of sp³-hybridized carbons (Fsp3) is 0.467. The van der Waals surface area contributed by atoms with Crippen LogP contribution in [0.2, 0.25) is 0 Å². The van der Waals surface area contributed by atoms with Crippen LogP contribution in [0.5, 0.6) is 11.5 Å². The van der Waals surface area contributed by atoms with E-state index in [0.29, 0.717) is 25.3 Å². The van der Waals surface area contributed by atoms with E-state index in [-0.39, 0.29) is 18.6 Å². The maximum absolute atomic E-state index is 12.5. The van der Waals surface area contributed by atoms with Crippen molar-refractivity contribution in [1.82, 2.24) is 10.2 Å². The first-order chi connectivity index (χ1) is 9.95. The molecule has 1 aromatic rings. The molecule has 2 amide bonds. The average molecular weight is 290 g/mol. The van der Waals surface area contributed by atoms with E-state index in [2.05, 4.69) is 5.32 Å². The van der Waals surface area contributed by atoms with Crippen molar-refractivity contribution >= 4 is 11.8 Å². The van der Waals surface area contributed by atoms with Gasteiger partial charge in [0.05, 0.1) is 0 Å². The van der Waals surface area contributed by atoms with Gasteiger partial charge < -0.3 is 19.7 Å². The number of hydrogen-bond acceptors (Lipinski definition) is 4. The zero-order valence-electron chi connectivity index (χ0n) is 12.1. The smallest absolute Gasteiger partial charge is 0.248 e. The lowest BCUT2D eigenvalue weighted by Crippen LogP contribution is -2.52. The Morgan fingerprint density at radius 2 is 2.00 bits per heavy atom. The number of carbonyl (C=O) groups is 2. The molecule has 6 nitrogen and oxygen atoms in total. The highest BCUT2D eigenvalue weighted by Gasteiger charge is 2.36. The standard InChI is InChI=1S/C15H18N2O4/c1-15(2)14(19)17(6-5-13(18)16-15)8-10-3-4-11-12(7-10)21-9-20-11/h3-4,7H,5-6,8-9H2,1-2H3,(H,16,18). The minimum Gasteiger partial charge on any atom is -0.454 e. The molecule has 0 radical (unpaired) electrons. The maximum Gasteiger partial charge on any atom is 0.248 e. The van der Waals surface area contributed by atoms with Crippen molar-refractivity contribution in [3.8, 4) is 11.5 Å². The largest absolute Gasteiger partial charge is 0.454 e. The predicted molar refractivity (Wildman–Crippen MR) is 74.8 cm³/mol. The summed E-state index contributed by atoms with van der Waals surface area (Å²) in [6.07, 6.45) is 0.319. The molecule has 1 aromatic carbocycles. The molecule has 0 aliphatic carbocycles. The number of benzene rings is 1. The number of fused-ring (bicyclic) bond motifs is 1. The van der Waals surface area contributed by atoms with E-state index in [0.717, 1.165) is 11.3 Å². The number of nitrogens with zero attached hydrogens (tertiary/aromatic N) is 1. The molecule has 3 rings (SSSR count). The molecule has 0 atom stereocenters. The highest BCUT2D eigenvalue weighted by atomic mass is 16.7. The van der Waals surface area contributed by atoms with E-state index in [1.165, 1.54) is 0 Å². The summed E-state index contributed by atoms with van der Waals surface area (Å²) in [4.78, 5) is 25.9. The first-order valence-corrected chi connectivity index (χ1v) is 6.95. The van der Waals surface area contributed by atoms with Crippen molar-refractivity contribution in [2.24, 2.45) is 0 Å². The zero-order chi connectivity index (χ0) is 15.0. The Balaban J connectivity index is 1.80. The average Bonchev–Trinajstić information content (AvgIpc) is 2.86. The molecule has 1 N–H and O–H groups in total. The molecule has 112 valence electrons.